The van der Waals surface area contributed by atoms with Gasteiger partial charge in [-0.2, -0.15) is 0 Å². The summed E-state index contributed by atoms with van der Waals surface area (Å²) >= 11 is 1.97. The number of thiophene rings is 1. The maximum atomic E-state index is 7.40. The largest absolute Gasteiger partial charge is 0.455 e. The van der Waals surface area contributed by atoms with Crippen LogP contribution in [0.15, 0.2) is 205 Å². The molecule has 2 aliphatic heterocycles. The molecule has 5 heteroatoms. The van der Waals surface area contributed by atoms with Gasteiger partial charge in [-0.15, -0.1) is 11.3 Å². The maximum Gasteiger partial charge on any atom is 0.333 e. The van der Waals surface area contributed by atoms with Crippen LogP contribution in [0.25, 0.3) is 87.0 Å². The molecule has 0 saturated carbocycles. The van der Waals surface area contributed by atoms with Gasteiger partial charge in [0.2, 0.25) is 0 Å². The third kappa shape index (κ3) is 7.78. The Morgan fingerprint density at radius 1 is 0.430 bits per heavy atom. The Morgan fingerprint density at radius 3 is 1.63 bits per heavy atom. The van der Waals surface area contributed by atoms with E-state index in [0.717, 1.165) is 44.8 Å². The van der Waals surface area contributed by atoms with E-state index in [2.05, 4.69) is 293 Å². The maximum absolute atomic E-state index is 7.40. The Hall–Kier alpha value is -8.38. The van der Waals surface area contributed by atoms with Crippen LogP contribution in [-0.4, -0.2) is 6.85 Å². The van der Waals surface area contributed by atoms with Gasteiger partial charge in [-0.25, -0.2) is 0 Å². The average Bonchev–Trinajstić information content (AvgIpc) is 1.25. The molecule has 3 nitrogen and oxygen atoms in total. The number of fused-ring (bicyclic) bond motifs is 13. The van der Waals surface area contributed by atoms with Crippen molar-refractivity contribution in [1.29, 1.82) is 0 Å². The molecule has 0 unspecified atom stereocenters. The first-order chi connectivity index (χ1) is 41.2. The van der Waals surface area contributed by atoms with Crippen molar-refractivity contribution in [2.24, 2.45) is 0 Å². The number of hydrogen-bond acceptors (Lipinski definition) is 4. The molecule has 86 heavy (non-hydrogen) atoms. The Kier molecular flexibility index (Phi) is 11.3. The van der Waals surface area contributed by atoms with Crippen molar-refractivity contribution >= 4 is 88.5 Å². The molecule has 10 aromatic carbocycles. The van der Waals surface area contributed by atoms with Gasteiger partial charge in [0, 0.05) is 81.4 Å². The highest BCUT2D eigenvalue weighted by molar-refractivity contribution is 7.26. The third-order valence-electron chi connectivity index (χ3n) is 20.4. The van der Waals surface area contributed by atoms with Gasteiger partial charge in [0.1, 0.15) is 11.5 Å². The van der Waals surface area contributed by atoms with E-state index in [1.807, 2.05) is 11.3 Å². The molecule has 2 aromatic heterocycles. The molecule has 4 aliphatic rings. The first-order valence-corrected chi connectivity index (χ1v) is 32.0. The summed E-state index contributed by atoms with van der Waals surface area (Å²) < 4.78 is 10.1. The van der Waals surface area contributed by atoms with Crippen LogP contribution in [-0.2, 0) is 27.1 Å². The van der Waals surface area contributed by atoms with Gasteiger partial charge in [0.15, 0.2) is 0 Å². The molecule has 422 valence electrons. The summed E-state index contributed by atoms with van der Waals surface area (Å²) in [5.41, 5.74) is 26.2. The Morgan fingerprint density at radius 2 is 0.988 bits per heavy atom. The Bertz CT molecular complexity index is 4800. The number of anilines is 5. The van der Waals surface area contributed by atoms with Gasteiger partial charge in [0.25, 0.3) is 0 Å². The molecule has 0 atom stereocenters. The number of nitrogens with zero attached hydrogens (tertiary/aromatic N) is 2. The van der Waals surface area contributed by atoms with Crippen LogP contribution in [0, 0.1) is 0 Å². The lowest BCUT2D eigenvalue weighted by atomic mass is 9.42. The molecule has 0 radical (unpaired) electrons. The zero-order chi connectivity index (χ0) is 59.1. The molecule has 12 aromatic rings. The summed E-state index contributed by atoms with van der Waals surface area (Å²) in [7, 11) is 0. The van der Waals surface area contributed by atoms with Crippen molar-refractivity contribution in [1.82, 2.24) is 0 Å². The Labute approximate surface area is 512 Å². The summed E-state index contributed by atoms with van der Waals surface area (Å²) in [4.78, 5) is 5.48. The molecule has 0 spiro atoms. The Balaban J connectivity index is 1.10. The van der Waals surface area contributed by atoms with E-state index in [0.29, 0.717) is 0 Å². The molecule has 2 aliphatic carbocycles. The fourth-order valence-electron chi connectivity index (χ4n) is 15.5. The van der Waals surface area contributed by atoms with E-state index >= 15 is 0 Å². The fraction of sp³-hybridized carbons (Fsp3) is 0.235. The second kappa shape index (κ2) is 18.3. The molecule has 4 heterocycles. The highest BCUT2D eigenvalue weighted by Crippen LogP contribution is 2.60. The topological polar surface area (TPSA) is 19.6 Å². The van der Waals surface area contributed by atoms with Gasteiger partial charge in [-0.1, -0.05) is 223 Å². The highest BCUT2D eigenvalue weighted by atomic mass is 32.1. The zero-order valence-corrected chi connectivity index (χ0v) is 52.6. The number of hydrogen-bond donors (Lipinski definition) is 0. The minimum Gasteiger partial charge on any atom is -0.455 e. The van der Waals surface area contributed by atoms with Crippen LogP contribution in [0.2, 0.25) is 0 Å². The van der Waals surface area contributed by atoms with Crippen LogP contribution < -0.4 is 20.6 Å². The smallest absolute Gasteiger partial charge is 0.333 e. The summed E-state index contributed by atoms with van der Waals surface area (Å²) in [6.45, 7) is 28.5. The fourth-order valence-corrected chi connectivity index (χ4v) is 16.7. The summed E-state index contributed by atoms with van der Waals surface area (Å²) in [6, 6.07) is 77.0. The van der Waals surface area contributed by atoms with Crippen molar-refractivity contribution in [3.63, 3.8) is 0 Å². The lowest BCUT2D eigenvalue weighted by Gasteiger charge is -2.48. The molecular weight excluding hydrogens is 1060 g/mol. The van der Waals surface area contributed by atoms with Crippen molar-refractivity contribution in [2.45, 2.75) is 123 Å². The summed E-state index contributed by atoms with van der Waals surface area (Å²) in [5.74, 6) is 1.75. The SMILES string of the molecule is CC(C)(C)c1ccc(N2B3c4cc5c(-c6ccccc6)oc(-c6ccccc6)c5cc4N(c4ccc(C(C)(C)C)cc4-c4ccccc4)c4c3c(cc3c4C(C)(C)c4ccccc4-3)-c3cc4c(cc32)sc2cc3c(cc24)C(C)(C)CCC3(C)C)cc1. The average molecular weight is 1130 g/mol. The van der Waals surface area contributed by atoms with Crippen molar-refractivity contribution in [3.8, 4) is 56.0 Å². The second-order valence-corrected chi connectivity index (χ2v) is 30.2. The van der Waals surface area contributed by atoms with Crippen LogP contribution in [0.1, 0.15) is 129 Å². The standard InChI is InChI=1S/C81H73BN2OS/c1-77(2,3)51-32-35-53(36-33-51)84-68-47-71-57(58-43-64-65(46-70(58)86-71)80(9,10)39-38-79(64,7)8)41-56(68)60-42-59-54-30-22-23-31-63(54)81(11,12)72(59)74-73(60)82(84)66-44-61-62(76(50-28-20-15-21-29-50)85-75(61)49-26-18-14-19-27-49)45-69(66)83(74)67-37-34-52(78(4,5)6)40-55(67)48-24-16-13-17-25-48/h13-37,40-47H,38-39H2,1-12H3. The van der Waals surface area contributed by atoms with E-state index in [9.17, 15) is 0 Å². The summed E-state index contributed by atoms with van der Waals surface area (Å²) in [6.07, 6.45) is 2.36. The zero-order valence-electron chi connectivity index (χ0n) is 51.8. The first kappa shape index (κ1) is 53.1. The van der Waals surface area contributed by atoms with Crippen molar-refractivity contribution in [2.75, 3.05) is 9.71 Å². The van der Waals surface area contributed by atoms with Crippen LogP contribution in [0.5, 0.6) is 0 Å². The number of benzene rings is 10. The van der Waals surface area contributed by atoms with E-state index in [1.165, 1.54) is 128 Å². The highest BCUT2D eigenvalue weighted by Gasteiger charge is 2.51. The third-order valence-corrected chi connectivity index (χ3v) is 21.5. The van der Waals surface area contributed by atoms with E-state index in [-0.39, 0.29) is 33.9 Å². The minimum absolute atomic E-state index is 0.0289. The summed E-state index contributed by atoms with van der Waals surface area (Å²) in [5, 5.41) is 4.89. The van der Waals surface area contributed by atoms with Gasteiger partial charge in [-0.05, 0) is 162 Å². The van der Waals surface area contributed by atoms with Crippen molar-refractivity contribution in [3.05, 3.63) is 234 Å². The van der Waals surface area contributed by atoms with Crippen LogP contribution in [0.4, 0.5) is 28.4 Å². The molecule has 0 saturated heterocycles. The molecule has 0 bridgehead atoms. The lowest BCUT2D eigenvalue weighted by Crippen LogP contribution is -2.62. The van der Waals surface area contributed by atoms with Crippen LogP contribution >= 0.6 is 11.3 Å². The molecule has 0 N–H and O–H groups in total. The predicted octanol–water partition coefficient (Wildman–Crippen LogP) is 21.8. The van der Waals surface area contributed by atoms with Gasteiger partial charge >= 0.3 is 6.85 Å². The minimum atomic E-state index is -0.378. The first-order valence-electron chi connectivity index (χ1n) is 31.1. The van der Waals surface area contributed by atoms with E-state index < -0.39 is 0 Å². The molecule has 0 fully saturated rings. The van der Waals surface area contributed by atoms with E-state index in [4.69, 9.17) is 4.42 Å². The molecular formula is C81H73BN2OS. The number of rotatable bonds is 5. The lowest BCUT2D eigenvalue weighted by molar-refractivity contribution is 0.332. The van der Waals surface area contributed by atoms with E-state index in [1.54, 1.807) is 0 Å². The predicted molar refractivity (Wildman–Crippen MR) is 369 cm³/mol. The number of furan rings is 1. The van der Waals surface area contributed by atoms with Gasteiger partial charge in [0.05, 0.1) is 5.69 Å². The van der Waals surface area contributed by atoms with Crippen molar-refractivity contribution < 1.29 is 4.42 Å². The van der Waals surface area contributed by atoms with Gasteiger partial charge < -0.3 is 14.1 Å². The van der Waals surface area contributed by atoms with Crippen LogP contribution in [0.3, 0.4) is 0 Å². The van der Waals surface area contributed by atoms with Gasteiger partial charge in [-0.3, -0.25) is 0 Å². The monoisotopic (exact) mass is 1130 g/mol. The second-order valence-electron chi connectivity index (χ2n) is 29.1. The molecule has 0 amide bonds. The molecule has 16 rings (SSSR count). The quantitative estimate of drug-likeness (QED) is 0.160. The normalized spacial score (nSPS) is 16.0.